The monoisotopic (exact) mass is 340 g/mol. The van der Waals surface area contributed by atoms with Crippen LogP contribution in [0.5, 0.6) is 0 Å². The Bertz CT molecular complexity index is 792. The molecule has 2 aromatic heterocycles. The molecule has 0 saturated carbocycles. The van der Waals surface area contributed by atoms with Crippen LogP contribution in [0.1, 0.15) is 10.4 Å². The van der Waals surface area contributed by atoms with Crippen molar-refractivity contribution in [1.82, 2.24) is 24.6 Å². The molecule has 0 bridgehead atoms. The molecule has 7 nitrogen and oxygen atoms in total. The van der Waals surface area contributed by atoms with E-state index in [2.05, 4.69) is 20.0 Å². The van der Waals surface area contributed by atoms with Crippen LogP contribution >= 0.6 is 11.3 Å². The molecule has 1 amide bonds. The van der Waals surface area contributed by atoms with Crippen molar-refractivity contribution in [3.05, 3.63) is 54.1 Å². The lowest BCUT2D eigenvalue weighted by Gasteiger charge is -2.34. The van der Waals surface area contributed by atoms with E-state index in [0.717, 1.165) is 23.9 Å². The van der Waals surface area contributed by atoms with Crippen molar-refractivity contribution in [2.45, 2.75) is 0 Å². The predicted octanol–water partition coefficient (Wildman–Crippen LogP) is 1.69. The standard InChI is InChI=1S/C16H16N6OS/c23-15(13-1-3-14(4-2-13)22-12-17-11-19-22)20-6-8-21(9-7-20)16-18-5-10-24-16/h1-5,10-12H,6-9H2. The van der Waals surface area contributed by atoms with Gasteiger partial charge in [-0.15, -0.1) is 11.3 Å². The van der Waals surface area contributed by atoms with Crippen LogP contribution in [-0.2, 0) is 0 Å². The summed E-state index contributed by atoms with van der Waals surface area (Å²) >= 11 is 1.63. The molecule has 1 aliphatic heterocycles. The highest BCUT2D eigenvalue weighted by Gasteiger charge is 2.23. The van der Waals surface area contributed by atoms with Crippen LogP contribution in [-0.4, -0.2) is 56.7 Å². The molecule has 1 fully saturated rings. The van der Waals surface area contributed by atoms with Crippen molar-refractivity contribution in [1.29, 1.82) is 0 Å². The van der Waals surface area contributed by atoms with E-state index in [-0.39, 0.29) is 5.91 Å². The number of hydrogen-bond donors (Lipinski definition) is 0. The topological polar surface area (TPSA) is 67.2 Å². The number of carbonyl (C=O) groups is 1. The SMILES string of the molecule is O=C(c1ccc(-n2cncn2)cc1)N1CCN(c2nccs2)CC1. The Balaban J connectivity index is 1.41. The molecule has 24 heavy (non-hydrogen) atoms. The fourth-order valence-electron chi connectivity index (χ4n) is 2.75. The molecule has 8 heteroatoms. The van der Waals surface area contributed by atoms with E-state index >= 15 is 0 Å². The van der Waals surface area contributed by atoms with Gasteiger partial charge in [-0.05, 0) is 24.3 Å². The zero-order chi connectivity index (χ0) is 16.4. The predicted molar refractivity (Wildman–Crippen MR) is 91.6 cm³/mol. The molecule has 0 aliphatic carbocycles. The van der Waals surface area contributed by atoms with E-state index in [0.29, 0.717) is 18.7 Å². The van der Waals surface area contributed by atoms with E-state index in [1.54, 1.807) is 22.3 Å². The van der Waals surface area contributed by atoms with Crippen molar-refractivity contribution in [2.24, 2.45) is 0 Å². The van der Waals surface area contributed by atoms with Crippen molar-refractivity contribution in [3.8, 4) is 5.69 Å². The molecule has 4 rings (SSSR count). The van der Waals surface area contributed by atoms with Crippen LogP contribution in [0.25, 0.3) is 5.69 Å². The van der Waals surface area contributed by atoms with Crippen molar-refractivity contribution in [2.75, 3.05) is 31.1 Å². The minimum atomic E-state index is 0.0685. The van der Waals surface area contributed by atoms with Crippen LogP contribution < -0.4 is 4.90 Å². The summed E-state index contributed by atoms with van der Waals surface area (Å²) in [7, 11) is 0. The Kier molecular flexibility index (Phi) is 3.96. The highest BCUT2D eigenvalue weighted by Crippen LogP contribution is 2.20. The van der Waals surface area contributed by atoms with Gasteiger partial charge < -0.3 is 9.80 Å². The largest absolute Gasteiger partial charge is 0.345 e. The minimum Gasteiger partial charge on any atom is -0.345 e. The van der Waals surface area contributed by atoms with E-state index < -0.39 is 0 Å². The number of aromatic nitrogens is 4. The highest BCUT2D eigenvalue weighted by molar-refractivity contribution is 7.13. The average Bonchev–Trinajstić information content (AvgIpc) is 3.35. The van der Waals surface area contributed by atoms with E-state index in [9.17, 15) is 4.79 Å². The third-order valence-electron chi connectivity index (χ3n) is 4.05. The number of hydrogen-bond acceptors (Lipinski definition) is 6. The summed E-state index contributed by atoms with van der Waals surface area (Å²) < 4.78 is 1.67. The molecule has 1 aromatic carbocycles. The molecular formula is C16H16N6OS. The van der Waals surface area contributed by atoms with Crippen molar-refractivity contribution in [3.63, 3.8) is 0 Å². The number of rotatable bonds is 3. The lowest BCUT2D eigenvalue weighted by atomic mass is 10.1. The fourth-order valence-corrected chi connectivity index (χ4v) is 3.45. The summed E-state index contributed by atoms with van der Waals surface area (Å²) in [6.45, 7) is 3.05. The second kappa shape index (κ2) is 6.40. The fraction of sp³-hybridized carbons (Fsp3) is 0.250. The molecule has 0 atom stereocenters. The number of amides is 1. The molecule has 1 saturated heterocycles. The van der Waals surface area contributed by atoms with E-state index in [1.165, 1.54) is 6.33 Å². The smallest absolute Gasteiger partial charge is 0.253 e. The van der Waals surface area contributed by atoms with Crippen LogP contribution in [0, 0.1) is 0 Å². The Hall–Kier alpha value is -2.74. The lowest BCUT2D eigenvalue weighted by molar-refractivity contribution is 0.0747. The third-order valence-corrected chi connectivity index (χ3v) is 4.89. The maximum Gasteiger partial charge on any atom is 0.253 e. The van der Waals surface area contributed by atoms with Crippen LogP contribution in [0.3, 0.4) is 0 Å². The molecular weight excluding hydrogens is 324 g/mol. The van der Waals surface area contributed by atoms with Gasteiger partial charge in [0.25, 0.3) is 5.91 Å². The number of benzene rings is 1. The van der Waals surface area contributed by atoms with E-state index in [1.807, 2.05) is 40.7 Å². The number of carbonyl (C=O) groups excluding carboxylic acids is 1. The Morgan fingerprint density at radius 2 is 1.88 bits per heavy atom. The molecule has 0 unspecified atom stereocenters. The zero-order valence-corrected chi connectivity index (χ0v) is 13.8. The van der Waals surface area contributed by atoms with Gasteiger partial charge >= 0.3 is 0 Å². The third kappa shape index (κ3) is 2.88. The summed E-state index contributed by atoms with van der Waals surface area (Å²) in [5.41, 5.74) is 1.58. The van der Waals surface area contributed by atoms with Gasteiger partial charge in [0, 0.05) is 43.3 Å². The van der Waals surface area contributed by atoms with Crippen molar-refractivity contribution >= 4 is 22.4 Å². The first kappa shape index (κ1) is 14.8. The number of nitrogens with zero attached hydrogens (tertiary/aromatic N) is 6. The quantitative estimate of drug-likeness (QED) is 0.726. The highest BCUT2D eigenvalue weighted by atomic mass is 32.1. The van der Waals surface area contributed by atoms with Gasteiger partial charge in [0.1, 0.15) is 12.7 Å². The summed E-state index contributed by atoms with van der Waals surface area (Å²) in [5.74, 6) is 0.0685. The molecule has 0 radical (unpaired) electrons. The average molecular weight is 340 g/mol. The molecule has 3 aromatic rings. The first-order valence-electron chi connectivity index (χ1n) is 7.70. The van der Waals surface area contributed by atoms with Crippen LogP contribution in [0.4, 0.5) is 5.13 Å². The van der Waals surface area contributed by atoms with Gasteiger partial charge in [0.2, 0.25) is 0 Å². The van der Waals surface area contributed by atoms with Crippen LogP contribution in [0.15, 0.2) is 48.5 Å². The Labute approximate surface area is 143 Å². The molecule has 1 aliphatic rings. The lowest BCUT2D eigenvalue weighted by Crippen LogP contribution is -2.48. The first-order chi connectivity index (χ1) is 11.8. The van der Waals surface area contributed by atoms with Gasteiger partial charge in [0.05, 0.1) is 5.69 Å². The Morgan fingerprint density at radius 3 is 2.50 bits per heavy atom. The van der Waals surface area contributed by atoms with E-state index in [4.69, 9.17) is 0 Å². The molecule has 122 valence electrons. The maximum absolute atomic E-state index is 12.7. The van der Waals surface area contributed by atoms with Gasteiger partial charge in [-0.1, -0.05) is 0 Å². The molecule has 0 spiro atoms. The summed E-state index contributed by atoms with van der Waals surface area (Å²) in [5, 5.41) is 7.09. The summed E-state index contributed by atoms with van der Waals surface area (Å²) in [4.78, 5) is 25.0. The van der Waals surface area contributed by atoms with Gasteiger partial charge in [-0.3, -0.25) is 4.79 Å². The van der Waals surface area contributed by atoms with Gasteiger partial charge in [-0.25, -0.2) is 14.6 Å². The molecule has 0 N–H and O–H groups in total. The second-order valence-electron chi connectivity index (χ2n) is 5.48. The van der Waals surface area contributed by atoms with Gasteiger partial charge in [-0.2, -0.15) is 5.10 Å². The zero-order valence-electron chi connectivity index (χ0n) is 12.9. The normalized spacial score (nSPS) is 14.8. The number of thiazole rings is 1. The second-order valence-corrected chi connectivity index (χ2v) is 6.35. The number of piperazine rings is 1. The van der Waals surface area contributed by atoms with Crippen LogP contribution in [0.2, 0.25) is 0 Å². The van der Waals surface area contributed by atoms with Crippen molar-refractivity contribution < 1.29 is 4.79 Å². The Morgan fingerprint density at radius 1 is 1.08 bits per heavy atom. The summed E-state index contributed by atoms with van der Waals surface area (Å²) in [6, 6.07) is 7.44. The maximum atomic E-state index is 12.7. The minimum absolute atomic E-state index is 0.0685. The first-order valence-corrected chi connectivity index (χ1v) is 8.58. The number of anilines is 1. The summed E-state index contributed by atoms with van der Waals surface area (Å²) in [6.07, 6.45) is 4.93. The van der Waals surface area contributed by atoms with Gasteiger partial charge in [0.15, 0.2) is 5.13 Å². The molecule has 3 heterocycles.